The molecule has 0 aromatic heterocycles. The van der Waals surface area contributed by atoms with E-state index in [-0.39, 0.29) is 18.0 Å². The van der Waals surface area contributed by atoms with Crippen LogP contribution in [0.2, 0.25) is 0 Å². The molecule has 0 aromatic carbocycles. The number of rotatable bonds is 9. The summed E-state index contributed by atoms with van der Waals surface area (Å²) in [7, 11) is 0. The number of carbonyl (C=O) groups excluding carboxylic acids is 2. The van der Waals surface area contributed by atoms with Gasteiger partial charge in [-0.1, -0.05) is 13.8 Å². The molecule has 3 saturated heterocycles. The Morgan fingerprint density at radius 1 is 1.03 bits per heavy atom. The van der Waals surface area contributed by atoms with Gasteiger partial charge in [0.05, 0.1) is 0 Å². The molecule has 2 N–H and O–H groups in total. The van der Waals surface area contributed by atoms with E-state index >= 15 is 0 Å². The minimum Gasteiger partial charge on any atom is -0.356 e. The Hall–Kier alpha value is -1.30. The first-order valence-electron chi connectivity index (χ1n) is 13.1. The van der Waals surface area contributed by atoms with Crippen LogP contribution in [0, 0.1) is 23.7 Å². The molecule has 1 aliphatic carbocycles. The van der Waals surface area contributed by atoms with Gasteiger partial charge in [0.15, 0.2) is 0 Å². The summed E-state index contributed by atoms with van der Waals surface area (Å²) < 4.78 is 0. The van der Waals surface area contributed by atoms with E-state index in [1.165, 1.54) is 51.6 Å². The van der Waals surface area contributed by atoms with Crippen LogP contribution in [0.15, 0.2) is 0 Å². The number of hydrogen-bond donors (Lipinski definition) is 2. The second-order valence-electron chi connectivity index (χ2n) is 11.0. The molecule has 176 valence electrons. The maximum absolute atomic E-state index is 13.2. The number of nitrogens with one attached hydrogen (secondary N) is 2. The largest absolute Gasteiger partial charge is 0.356 e. The quantitative estimate of drug-likeness (QED) is 0.585. The van der Waals surface area contributed by atoms with Gasteiger partial charge in [-0.25, -0.2) is 4.79 Å². The molecule has 0 spiro atoms. The Morgan fingerprint density at radius 3 is 2.55 bits per heavy atom. The normalized spacial score (nSPS) is 30.7. The van der Waals surface area contributed by atoms with Gasteiger partial charge in [-0.2, -0.15) is 0 Å². The number of amides is 3. The van der Waals surface area contributed by atoms with E-state index in [0.29, 0.717) is 30.2 Å². The topological polar surface area (TPSA) is 64.7 Å². The molecule has 1 saturated carbocycles. The summed E-state index contributed by atoms with van der Waals surface area (Å²) in [4.78, 5) is 30.4. The van der Waals surface area contributed by atoms with Crippen molar-refractivity contribution in [2.24, 2.45) is 23.7 Å². The third-order valence-electron chi connectivity index (χ3n) is 8.12. The van der Waals surface area contributed by atoms with E-state index in [4.69, 9.17) is 0 Å². The molecule has 4 atom stereocenters. The van der Waals surface area contributed by atoms with Crippen molar-refractivity contribution in [3.63, 3.8) is 0 Å². The molecule has 3 aliphatic heterocycles. The maximum Gasteiger partial charge on any atom is 0.317 e. The average molecular weight is 433 g/mol. The van der Waals surface area contributed by atoms with Gasteiger partial charge in [0, 0.05) is 38.1 Å². The molecule has 31 heavy (non-hydrogen) atoms. The fourth-order valence-electron chi connectivity index (χ4n) is 6.31. The van der Waals surface area contributed by atoms with Gasteiger partial charge in [0.2, 0.25) is 5.91 Å². The van der Waals surface area contributed by atoms with Crippen molar-refractivity contribution in [1.29, 1.82) is 0 Å². The van der Waals surface area contributed by atoms with Gasteiger partial charge in [0.1, 0.15) is 0 Å². The van der Waals surface area contributed by atoms with Crippen LogP contribution in [-0.2, 0) is 4.79 Å². The van der Waals surface area contributed by atoms with Crippen molar-refractivity contribution >= 4 is 11.9 Å². The predicted octanol–water partition coefficient (Wildman–Crippen LogP) is 3.61. The van der Waals surface area contributed by atoms with Crippen LogP contribution in [0.3, 0.4) is 0 Å². The fraction of sp³-hybridized carbons (Fsp3) is 0.920. The first-order chi connectivity index (χ1) is 15.0. The molecule has 3 heterocycles. The Morgan fingerprint density at radius 2 is 1.81 bits per heavy atom. The van der Waals surface area contributed by atoms with Crippen LogP contribution in [0.4, 0.5) is 4.79 Å². The van der Waals surface area contributed by atoms with E-state index in [1.807, 2.05) is 0 Å². The minimum absolute atomic E-state index is 0.130. The van der Waals surface area contributed by atoms with Crippen molar-refractivity contribution < 1.29 is 9.59 Å². The number of nitrogens with zero attached hydrogens (tertiary/aromatic N) is 2. The summed E-state index contributed by atoms with van der Waals surface area (Å²) in [6.07, 6.45) is 11.0. The minimum atomic E-state index is 0.130. The van der Waals surface area contributed by atoms with Crippen LogP contribution in [0.25, 0.3) is 0 Å². The first-order valence-corrected chi connectivity index (χ1v) is 13.1. The molecule has 0 aromatic rings. The lowest BCUT2D eigenvalue weighted by atomic mass is 9.69. The summed E-state index contributed by atoms with van der Waals surface area (Å²) >= 11 is 0. The van der Waals surface area contributed by atoms with E-state index in [0.717, 1.165) is 44.8 Å². The van der Waals surface area contributed by atoms with E-state index in [2.05, 4.69) is 34.3 Å². The number of likely N-dealkylation sites (tertiary alicyclic amines) is 1. The van der Waals surface area contributed by atoms with E-state index in [1.54, 1.807) is 0 Å². The van der Waals surface area contributed by atoms with Crippen molar-refractivity contribution in [3.8, 4) is 0 Å². The standard InChI is InChI=1S/C25H44N4O2/c1-18(2)12-13-26-25(31)29-17-20-6-4-14-28-15-5-7-21(24(20)28)22(29)8-3-9-23(30)27-16-19-10-11-19/h18-22,24H,3-17H2,1-2H3,(H,26,31)(H,27,30)/t20-,21+,22+,24-/m0/s1. The summed E-state index contributed by atoms with van der Waals surface area (Å²) in [6.45, 7) is 9.37. The Kier molecular flexibility index (Phi) is 7.78. The van der Waals surface area contributed by atoms with Gasteiger partial charge in [-0.15, -0.1) is 0 Å². The second-order valence-corrected chi connectivity index (χ2v) is 11.0. The molecule has 6 nitrogen and oxygen atoms in total. The first kappa shape index (κ1) is 22.9. The molecule has 0 radical (unpaired) electrons. The average Bonchev–Trinajstić information content (AvgIpc) is 3.58. The molecule has 4 fully saturated rings. The zero-order valence-electron chi connectivity index (χ0n) is 19.8. The molecule has 0 unspecified atom stereocenters. The van der Waals surface area contributed by atoms with E-state index < -0.39 is 0 Å². The molecular weight excluding hydrogens is 388 g/mol. The van der Waals surface area contributed by atoms with Gasteiger partial charge in [0.25, 0.3) is 0 Å². The summed E-state index contributed by atoms with van der Waals surface area (Å²) in [5, 5.41) is 6.32. The molecule has 4 rings (SSSR count). The van der Waals surface area contributed by atoms with Crippen LogP contribution < -0.4 is 10.6 Å². The van der Waals surface area contributed by atoms with Crippen LogP contribution in [0.5, 0.6) is 0 Å². The molecule has 3 amide bonds. The highest BCUT2D eigenvalue weighted by Crippen LogP contribution is 2.43. The lowest BCUT2D eigenvalue weighted by Gasteiger charge is -2.57. The second kappa shape index (κ2) is 10.5. The lowest BCUT2D eigenvalue weighted by molar-refractivity contribution is -0.121. The number of piperidine rings is 3. The molecular formula is C25H44N4O2. The molecule has 4 aliphatic rings. The third-order valence-corrected chi connectivity index (χ3v) is 8.12. The van der Waals surface area contributed by atoms with Crippen molar-refractivity contribution in [2.45, 2.75) is 90.1 Å². The van der Waals surface area contributed by atoms with E-state index in [9.17, 15) is 9.59 Å². The van der Waals surface area contributed by atoms with Crippen LogP contribution >= 0.6 is 0 Å². The van der Waals surface area contributed by atoms with Crippen molar-refractivity contribution in [2.75, 3.05) is 32.7 Å². The number of urea groups is 1. The predicted molar refractivity (Wildman–Crippen MR) is 124 cm³/mol. The Balaban J connectivity index is 1.38. The van der Waals surface area contributed by atoms with Gasteiger partial charge in [-0.05, 0) is 94.5 Å². The van der Waals surface area contributed by atoms with Gasteiger partial charge in [-0.3, -0.25) is 9.69 Å². The fourth-order valence-corrected chi connectivity index (χ4v) is 6.31. The van der Waals surface area contributed by atoms with Gasteiger partial charge >= 0.3 is 6.03 Å². The van der Waals surface area contributed by atoms with Crippen molar-refractivity contribution in [3.05, 3.63) is 0 Å². The monoisotopic (exact) mass is 432 g/mol. The number of carbonyl (C=O) groups is 2. The maximum atomic E-state index is 13.2. The zero-order chi connectivity index (χ0) is 21.8. The van der Waals surface area contributed by atoms with Crippen LogP contribution in [0.1, 0.15) is 78.1 Å². The third kappa shape index (κ3) is 5.94. The summed E-state index contributed by atoms with van der Waals surface area (Å²) in [5.41, 5.74) is 0. The lowest BCUT2D eigenvalue weighted by Crippen LogP contribution is -2.66. The Labute approximate surface area is 188 Å². The highest BCUT2D eigenvalue weighted by atomic mass is 16.2. The highest BCUT2D eigenvalue weighted by molar-refractivity contribution is 5.76. The highest BCUT2D eigenvalue weighted by Gasteiger charge is 2.49. The number of hydrogen-bond acceptors (Lipinski definition) is 3. The SMILES string of the molecule is CC(C)CCNC(=O)N1C[C@@H]2CCCN3CCC[C@@H]([C@H]23)[C@H]1CCCC(=O)NCC1CC1. The van der Waals surface area contributed by atoms with Gasteiger partial charge < -0.3 is 15.5 Å². The summed E-state index contributed by atoms with van der Waals surface area (Å²) in [6, 6.07) is 1.05. The Bertz CT molecular complexity index is 619. The summed E-state index contributed by atoms with van der Waals surface area (Å²) in [5.74, 6) is 2.70. The molecule has 6 heteroatoms. The molecule has 0 bridgehead atoms. The smallest absolute Gasteiger partial charge is 0.317 e. The zero-order valence-corrected chi connectivity index (χ0v) is 19.8. The van der Waals surface area contributed by atoms with Crippen molar-refractivity contribution in [1.82, 2.24) is 20.4 Å². The van der Waals surface area contributed by atoms with Crippen LogP contribution in [-0.4, -0.2) is 66.5 Å².